The molecule has 1 aliphatic heterocycles. The fraction of sp³-hybridized carbons (Fsp3) is 0.381. The van der Waals surface area contributed by atoms with Crippen molar-refractivity contribution in [1.82, 2.24) is 8.96 Å². The zero-order valence-corrected chi connectivity index (χ0v) is 18.2. The smallest absolute Gasteiger partial charge is 0.407 e. The van der Waals surface area contributed by atoms with E-state index in [0.717, 1.165) is 5.56 Å². The maximum atomic E-state index is 13.3. The highest BCUT2D eigenvalue weighted by atomic mass is 32.2. The van der Waals surface area contributed by atoms with Crippen LogP contribution in [0.3, 0.4) is 0 Å². The van der Waals surface area contributed by atoms with E-state index < -0.39 is 22.7 Å². The highest BCUT2D eigenvalue weighted by molar-refractivity contribution is 7.90. The summed E-state index contributed by atoms with van der Waals surface area (Å²) in [6, 6.07) is 10.4. The van der Waals surface area contributed by atoms with Gasteiger partial charge in [0.05, 0.1) is 10.5 Å². The molecule has 1 aromatic carbocycles. The highest BCUT2D eigenvalue weighted by Crippen LogP contribution is 2.38. The first-order valence-electron chi connectivity index (χ1n) is 9.61. The first kappa shape index (κ1) is 20.1. The van der Waals surface area contributed by atoms with Gasteiger partial charge >= 0.3 is 7.12 Å². The molecule has 0 spiro atoms. The number of rotatable bonds is 3. The van der Waals surface area contributed by atoms with Gasteiger partial charge in [0, 0.05) is 35.3 Å². The maximum absolute atomic E-state index is 13.3. The topological polar surface area (TPSA) is 70.4 Å². The van der Waals surface area contributed by atoms with Crippen molar-refractivity contribution in [3.8, 4) is 0 Å². The molecule has 0 unspecified atom stereocenters. The van der Waals surface area contributed by atoms with Crippen molar-refractivity contribution in [2.24, 2.45) is 5.41 Å². The molecule has 0 amide bonds. The highest BCUT2D eigenvalue weighted by Gasteiger charge is 2.48. The fourth-order valence-electron chi connectivity index (χ4n) is 3.32. The van der Waals surface area contributed by atoms with Crippen molar-refractivity contribution < 1.29 is 17.7 Å². The molecule has 152 valence electrons. The Morgan fingerprint density at radius 1 is 1.10 bits per heavy atom. The average Bonchev–Trinajstić information content (AvgIpc) is 3.05. The van der Waals surface area contributed by atoms with Gasteiger partial charge in [-0.2, -0.15) is 0 Å². The molecule has 4 rings (SSSR count). The third kappa shape index (κ3) is 3.29. The van der Waals surface area contributed by atoms with Gasteiger partial charge in [-0.05, 0) is 45.0 Å². The Kier molecular flexibility index (Phi) is 4.64. The molecular formula is C21H25BN2O4S. The minimum Gasteiger partial charge on any atom is -0.407 e. The summed E-state index contributed by atoms with van der Waals surface area (Å²) in [6.07, 6.45) is 3.16. The molecule has 1 aliphatic rings. The van der Waals surface area contributed by atoms with Crippen molar-refractivity contribution in [2.45, 2.75) is 45.1 Å². The van der Waals surface area contributed by atoms with Gasteiger partial charge in [-0.3, -0.25) is 0 Å². The number of pyridine rings is 1. The molecule has 0 bridgehead atoms. The Morgan fingerprint density at radius 2 is 1.79 bits per heavy atom. The lowest BCUT2D eigenvalue weighted by Gasteiger charge is -2.47. The van der Waals surface area contributed by atoms with Crippen molar-refractivity contribution in [1.29, 1.82) is 0 Å². The molecule has 1 saturated heterocycles. The lowest BCUT2D eigenvalue weighted by molar-refractivity contribution is -0.0936. The van der Waals surface area contributed by atoms with Crippen molar-refractivity contribution in [3.05, 3.63) is 54.4 Å². The van der Waals surface area contributed by atoms with E-state index in [0.29, 0.717) is 23.1 Å². The van der Waals surface area contributed by atoms with Crippen LogP contribution in [-0.4, -0.2) is 36.7 Å². The van der Waals surface area contributed by atoms with Gasteiger partial charge in [0.2, 0.25) is 0 Å². The van der Waals surface area contributed by atoms with Gasteiger partial charge in [-0.15, -0.1) is 0 Å². The molecule has 0 aliphatic carbocycles. The van der Waals surface area contributed by atoms with Crippen molar-refractivity contribution >= 4 is 33.6 Å². The predicted molar refractivity (Wildman–Crippen MR) is 114 cm³/mol. The summed E-state index contributed by atoms with van der Waals surface area (Å²) in [5.74, 6) is 0. The Hall–Kier alpha value is -2.16. The van der Waals surface area contributed by atoms with E-state index in [9.17, 15) is 8.42 Å². The molecule has 0 atom stereocenters. The van der Waals surface area contributed by atoms with E-state index in [1.54, 1.807) is 42.7 Å². The lowest BCUT2D eigenvalue weighted by atomic mass is 9.69. The molecule has 3 heterocycles. The van der Waals surface area contributed by atoms with Gasteiger partial charge in [0.1, 0.15) is 0 Å². The maximum Gasteiger partial charge on any atom is 0.496 e. The largest absolute Gasteiger partial charge is 0.496 e. The van der Waals surface area contributed by atoms with Crippen LogP contribution in [0.25, 0.3) is 11.0 Å². The summed E-state index contributed by atoms with van der Waals surface area (Å²) in [6.45, 7) is 10.7. The normalized spacial score (nSPS) is 18.9. The summed E-state index contributed by atoms with van der Waals surface area (Å²) in [4.78, 5) is 4.56. The summed E-state index contributed by atoms with van der Waals surface area (Å²) in [5, 5.41) is 0.698. The first-order valence-corrected chi connectivity index (χ1v) is 11.0. The van der Waals surface area contributed by atoms with E-state index in [-0.39, 0.29) is 10.3 Å². The van der Waals surface area contributed by atoms with E-state index in [4.69, 9.17) is 9.31 Å². The van der Waals surface area contributed by atoms with Gasteiger partial charge in [-0.1, -0.05) is 31.5 Å². The van der Waals surface area contributed by atoms with Crippen molar-refractivity contribution in [3.63, 3.8) is 0 Å². The number of aryl methyl sites for hydroxylation is 1. The predicted octanol–water partition coefficient (Wildman–Crippen LogP) is 3.13. The van der Waals surface area contributed by atoms with E-state index in [1.165, 1.54) is 3.97 Å². The zero-order chi connectivity index (χ0) is 21.0. The Bertz CT molecular complexity index is 1170. The lowest BCUT2D eigenvalue weighted by Crippen LogP contribution is -2.58. The molecule has 0 N–H and O–H groups in total. The summed E-state index contributed by atoms with van der Waals surface area (Å²) in [7, 11) is -4.48. The van der Waals surface area contributed by atoms with Crippen LogP contribution in [-0.2, 0) is 19.3 Å². The quantitative estimate of drug-likeness (QED) is 0.619. The fourth-order valence-corrected chi connectivity index (χ4v) is 4.65. The second-order valence-electron chi connectivity index (χ2n) is 8.73. The molecular weight excluding hydrogens is 387 g/mol. The SMILES string of the molecule is Cc1ccc(S(=O)(=O)n2cc(B3OCC(C)(C)C(C)(C)O3)c3cccnc32)cc1. The number of benzene rings is 1. The van der Waals surface area contributed by atoms with Gasteiger partial charge in [0.25, 0.3) is 10.0 Å². The van der Waals surface area contributed by atoms with Crippen molar-refractivity contribution in [2.75, 3.05) is 6.61 Å². The van der Waals surface area contributed by atoms with E-state index in [2.05, 4.69) is 18.8 Å². The number of hydrogen-bond acceptors (Lipinski definition) is 5. The molecule has 1 fully saturated rings. The minimum absolute atomic E-state index is 0.173. The second-order valence-corrected chi connectivity index (χ2v) is 10.5. The number of fused-ring (bicyclic) bond motifs is 1. The second kappa shape index (κ2) is 6.69. The number of hydrogen-bond donors (Lipinski definition) is 0. The molecule has 6 nitrogen and oxygen atoms in total. The number of nitrogens with zero attached hydrogens (tertiary/aromatic N) is 2. The molecule has 0 saturated carbocycles. The third-order valence-electron chi connectivity index (χ3n) is 6.02. The molecule has 29 heavy (non-hydrogen) atoms. The van der Waals surface area contributed by atoms with Crippen LogP contribution >= 0.6 is 0 Å². The Labute approximate surface area is 172 Å². The van der Waals surface area contributed by atoms with Crippen LogP contribution in [0.15, 0.2) is 53.7 Å². The van der Waals surface area contributed by atoms with Crippen LogP contribution in [0.4, 0.5) is 0 Å². The van der Waals surface area contributed by atoms with Gasteiger partial charge in [-0.25, -0.2) is 17.4 Å². The van der Waals surface area contributed by atoms with E-state index >= 15 is 0 Å². The zero-order valence-electron chi connectivity index (χ0n) is 17.3. The molecule has 2 aromatic heterocycles. The average molecular weight is 412 g/mol. The van der Waals surface area contributed by atoms with Crippen LogP contribution in [0.1, 0.15) is 33.3 Å². The molecule has 8 heteroatoms. The summed E-state index contributed by atoms with van der Waals surface area (Å²) >= 11 is 0. The summed E-state index contributed by atoms with van der Waals surface area (Å²) < 4.78 is 40.2. The van der Waals surface area contributed by atoms with Crippen LogP contribution in [0, 0.1) is 12.3 Å². The minimum atomic E-state index is -3.81. The summed E-state index contributed by atoms with van der Waals surface area (Å²) in [5.41, 5.74) is 1.40. The molecule has 0 radical (unpaired) electrons. The standard InChI is InChI=1S/C21H25BN2O4S/c1-15-8-10-16(11-9-15)29(25,26)24-13-18(17-7-6-12-23-19(17)24)22-27-14-20(2,3)21(4,5)28-22/h6-13H,14H2,1-5H3. The molecule has 3 aromatic rings. The van der Waals surface area contributed by atoms with Gasteiger partial charge in [0.15, 0.2) is 5.65 Å². The third-order valence-corrected chi connectivity index (χ3v) is 7.69. The monoisotopic (exact) mass is 412 g/mol. The van der Waals surface area contributed by atoms with Gasteiger partial charge < -0.3 is 9.31 Å². The van der Waals surface area contributed by atoms with Crippen LogP contribution in [0.5, 0.6) is 0 Å². The number of aromatic nitrogens is 2. The van der Waals surface area contributed by atoms with E-state index in [1.807, 2.05) is 26.8 Å². The Morgan fingerprint density at radius 3 is 2.45 bits per heavy atom. The van der Waals surface area contributed by atoms with Crippen LogP contribution in [0.2, 0.25) is 0 Å². The van der Waals surface area contributed by atoms with Crippen LogP contribution < -0.4 is 5.46 Å². The Balaban J connectivity index is 1.84. The first-order chi connectivity index (χ1) is 13.5.